The summed E-state index contributed by atoms with van der Waals surface area (Å²) in [4.78, 5) is 0. The summed E-state index contributed by atoms with van der Waals surface area (Å²) in [5.74, 6) is 3.91. The second-order valence-corrected chi connectivity index (χ2v) is 8.68. The fourth-order valence-corrected chi connectivity index (χ4v) is 5.12. The first-order chi connectivity index (χ1) is 9.43. The molecule has 2 aliphatic carbocycles. The molecule has 0 aromatic rings. The molecule has 1 heterocycles. The number of hydrogen-bond acceptors (Lipinski definition) is 2. The standard InChI is InChI=1S/C18H34N2/c1-12-5-6-14(9-13(12)2)10-15-7-8-16-17(11-15)20-18(3,4)19-16/h12-17,19-20H,5-11H2,1-4H3. The molecule has 2 heteroatoms. The molecule has 0 amide bonds. The highest BCUT2D eigenvalue weighted by atomic mass is 15.3. The Labute approximate surface area is 125 Å². The molecule has 1 saturated heterocycles. The van der Waals surface area contributed by atoms with Crippen LogP contribution in [0.1, 0.15) is 72.6 Å². The molecule has 0 spiro atoms. The van der Waals surface area contributed by atoms with E-state index in [1.165, 1.54) is 44.9 Å². The summed E-state index contributed by atoms with van der Waals surface area (Å²) in [6, 6.07) is 1.45. The molecule has 3 rings (SSSR count). The van der Waals surface area contributed by atoms with E-state index in [1.54, 1.807) is 0 Å². The third kappa shape index (κ3) is 3.22. The molecule has 2 saturated carbocycles. The van der Waals surface area contributed by atoms with Gasteiger partial charge in [-0.15, -0.1) is 0 Å². The van der Waals surface area contributed by atoms with Gasteiger partial charge in [0.15, 0.2) is 0 Å². The van der Waals surface area contributed by atoms with Crippen LogP contribution in [0.5, 0.6) is 0 Å². The molecule has 6 unspecified atom stereocenters. The van der Waals surface area contributed by atoms with Crippen molar-refractivity contribution >= 4 is 0 Å². The number of rotatable bonds is 2. The maximum Gasteiger partial charge on any atom is 0.0634 e. The van der Waals surface area contributed by atoms with E-state index in [9.17, 15) is 0 Å². The SMILES string of the molecule is CC1CCC(CC2CCC3NC(C)(C)NC3C2)CC1C. The molecule has 20 heavy (non-hydrogen) atoms. The molecule has 0 aromatic carbocycles. The zero-order valence-corrected chi connectivity index (χ0v) is 13.9. The van der Waals surface area contributed by atoms with Crippen molar-refractivity contribution in [3.8, 4) is 0 Å². The molecule has 3 aliphatic rings. The predicted molar refractivity (Wildman–Crippen MR) is 85.6 cm³/mol. The Kier molecular flexibility index (Phi) is 4.16. The summed E-state index contributed by atoms with van der Waals surface area (Å²) in [6.07, 6.45) is 10.2. The Morgan fingerprint density at radius 2 is 1.45 bits per heavy atom. The van der Waals surface area contributed by atoms with Gasteiger partial charge in [-0.2, -0.15) is 0 Å². The molecule has 0 radical (unpaired) electrons. The minimum Gasteiger partial charge on any atom is -0.295 e. The van der Waals surface area contributed by atoms with Gasteiger partial charge in [0.2, 0.25) is 0 Å². The van der Waals surface area contributed by atoms with E-state index in [0.717, 1.165) is 35.8 Å². The molecular weight excluding hydrogens is 244 g/mol. The third-order valence-electron chi connectivity index (χ3n) is 6.42. The molecular formula is C18H34N2. The quantitative estimate of drug-likeness (QED) is 0.800. The maximum atomic E-state index is 3.80. The monoisotopic (exact) mass is 278 g/mol. The summed E-state index contributed by atoms with van der Waals surface area (Å²) in [5, 5.41) is 7.56. The molecule has 0 aromatic heterocycles. The molecule has 0 bridgehead atoms. The highest BCUT2D eigenvalue weighted by Gasteiger charge is 2.41. The van der Waals surface area contributed by atoms with Gasteiger partial charge in [0.05, 0.1) is 5.66 Å². The van der Waals surface area contributed by atoms with Gasteiger partial charge < -0.3 is 0 Å². The Morgan fingerprint density at radius 3 is 2.20 bits per heavy atom. The number of nitrogens with one attached hydrogen (secondary N) is 2. The zero-order chi connectivity index (χ0) is 14.3. The average molecular weight is 278 g/mol. The highest BCUT2D eigenvalue weighted by Crippen LogP contribution is 2.40. The minimum atomic E-state index is 0.152. The lowest BCUT2D eigenvalue weighted by molar-refractivity contribution is 0.160. The summed E-state index contributed by atoms with van der Waals surface area (Å²) < 4.78 is 0. The summed E-state index contributed by atoms with van der Waals surface area (Å²) >= 11 is 0. The van der Waals surface area contributed by atoms with Crippen LogP contribution < -0.4 is 10.6 Å². The lowest BCUT2D eigenvalue weighted by Crippen LogP contribution is -2.44. The molecule has 3 fully saturated rings. The fourth-order valence-electron chi connectivity index (χ4n) is 5.12. The van der Waals surface area contributed by atoms with Crippen LogP contribution in [0.4, 0.5) is 0 Å². The van der Waals surface area contributed by atoms with Crippen LogP contribution in [-0.2, 0) is 0 Å². The maximum absolute atomic E-state index is 3.80. The summed E-state index contributed by atoms with van der Waals surface area (Å²) in [7, 11) is 0. The Morgan fingerprint density at radius 1 is 0.800 bits per heavy atom. The van der Waals surface area contributed by atoms with E-state index in [2.05, 4.69) is 38.3 Å². The van der Waals surface area contributed by atoms with Gasteiger partial charge in [0.25, 0.3) is 0 Å². The smallest absolute Gasteiger partial charge is 0.0634 e. The van der Waals surface area contributed by atoms with Crippen molar-refractivity contribution in [3.05, 3.63) is 0 Å². The van der Waals surface area contributed by atoms with E-state index in [-0.39, 0.29) is 5.66 Å². The number of fused-ring (bicyclic) bond motifs is 1. The van der Waals surface area contributed by atoms with Gasteiger partial charge >= 0.3 is 0 Å². The van der Waals surface area contributed by atoms with Crippen LogP contribution in [-0.4, -0.2) is 17.7 Å². The lowest BCUT2D eigenvalue weighted by atomic mass is 9.70. The van der Waals surface area contributed by atoms with E-state index < -0.39 is 0 Å². The van der Waals surface area contributed by atoms with Gasteiger partial charge in [-0.25, -0.2) is 0 Å². The van der Waals surface area contributed by atoms with Crippen LogP contribution >= 0.6 is 0 Å². The molecule has 2 nitrogen and oxygen atoms in total. The van der Waals surface area contributed by atoms with Crippen molar-refractivity contribution in [2.45, 2.75) is 90.4 Å². The van der Waals surface area contributed by atoms with Crippen molar-refractivity contribution in [2.75, 3.05) is 0 Å². The highest BCUT2D eigenvalue weighted by molar-refractivity contribution is 5.01. The van der Waals surface area contributed by atoms with Crippen LogP contribution in [0.25, 0.3) is 0 Å². The molecule has 116 valence electrons. The van der Waals surface area contributed by atoms with Crippen molar-refractivity contribution < 1.29 is 0 Å². The van der Waals surface area contributed by atoms with E-state index >= 15 is 0 Å². The predicted octanol–water partition coefficient (Wildman–Crippen LogP) is 3.92. The first-order valence-electron chi connectivity index (χ1n) is 8.98. The Bertz CT molecular complexity index is 338. The average Bonchev–Trinajstić information content (AvgIpc) is 2.67. The van der Waals surface area contributed by atoms with Crippen molar-refractivity contribution in [3.63, 3.8) is 0 Å². The van der Waals surface area contributed by atoms with Crippen LogP contribution in [0, 0.1) is 23.7 Å². The largest absolute Gasteiger partial charge is 0.295 e. The first-order valence-corrected chi connectivity index (χ1v) is 8.98. The number of hydrogen-bond donors (Lipinski definition) is 2. The van der Waals surface area contributed by atoms with Crippen molar-refractivity contribution in [1.29, 1.82) is 0 Å². The van der Waals surface area contributed by atoms with E-state index in [4.69, 9.17) is 0 Å². The Hall–Kier alpha value is -0.0800. The van der Waals surface area contributed by atoms with Crippen LogP contribution in [0.3, 0.4) is 0 Å². The van der Waals surface area contributed by atoms with Crippen LogP contribution in [0.15, 0.2) is 0 Å². The van der Waals surface area contributed by atoms with E-state index in [1.807, 2.05) is 0 Å². The Balaban J connectivity index is 1.50. The topological polar surface area (TPSA) is 24.1 Å². The van der Waals surface area contributed by atoms with Gasteiger partial charge in [-0.1, -0.05) is 26.7 Å². The zero-order valence-electron chi connectivity index (χ0n) is 13.9. The van der Waals surface area contributed by atoms with Crippen LogP contribution in [0.2, 0.25) is 0 Å². The summed E-state index contributed by atoms with van der Waals surface area (Å²) in [6.45, 7) is 9.48. The van der Waals surface area contributed by atoms with Crippen molar-refractivity contribution in [2.24, 2.45) is 23.7 Å². The second-order valence-electron chi connectivity index (χ2n) is 8.68. The van der Waals surface area contributed by atoms with Gasteiger partial charge in [-0.3, -0.25) is 10.6 Å². The van der Waals surface area contributed by atoms with Crippen molar-refractivity contribution in [1.82, 2.24) is 10.6 Å². The van der Waals surface area contributed by atoms with Gasteiger partial charge in [-0.05, 0) is 69.6 Å². The fraction of sp³-hybridized carbons (Fsp3) is 1.00. The summed E-state index contributed by atoms with van der Waals surface area (Å²) in [5.41, 5.74) is 0.152. The second kappa shape index (κ2) is 5.61. The minimum absolute atomic E-state index is 0.152. The van der Waals surface area contributed by atoms with Gasteiger partial charge in [0, 0.05) is 12.1 Å². The van der Waals surface area contributed by atoms with E-state index in [0.29, 0.717) is 0 Å². The molecule has 2 N–H and O–H groups in total. The normalized spacial score (nSPS) is 48.0. The third-order valence-corrected chi connectivity index (χ3v) is 6.42. The molecule has 6 atom stereocenters. The first kappa shape index (κ1) is 14.8. The molecule has 1 aliphatic heterocycles. The van der Waals surface area contributed by atoms with Gasteiger partial charge in [0.1, 0.15) is 0 Å². The lowest BCUT2D eigenvalue weighted by Gasteiger charge is -2.37.